The van der Waals surface area contributed by atoms with Gasteiger partial charge in [0.05, 0.1) is 65.3 Å². The lowest BCUT2D eigenvalue weighted by atomic mass is 9.79. The van der Waals surface area contributed by atoms with Crippen LogP contribution in [0.15, 0.2) is 66.9 Å². The molecule has 5 rings (SSSR count). The van der Waals surface area contributed by atoms with Crippen molar-refractivity contribution in [3.05, 3.63) is 95.1 Å². The van der Waals surface area contributed by atoms with Crippen molar-refractivity contribution in [2.75, 3.05) is 66.5 Å². The number of halogens is 1. The number of carbonyl (C=O) groups excluding carboxylic acids is 3. The van der Waals surface area contributed by atoms with Gasteiger partial charge in [-0.25, -0.2) is 4.39 Å². The number of carboxylic acid groups (broad SMARTS) is 1. The van der Waals surface area contributed by atoms with Gasteiger partial charge in [0.15, 0.2) is 0 Å². The maximum absolute atomic E-state index is 15.5. The monoisotopic (exact) mass is 1100 g/mol. The molecule has 0 bridgehead atoms. The number of methoxy groups -OCH3 is 1. The SMILES string of the molecule is COc1ccc(F)c(-c2ccc(COc3cccc([C@@H](CC(=O)O)C4CC4)c3)cc2CC(C)(C)Cc2cn(CCCCCCCCCCCCCCCC(=O)NCC[N+](C)(CCC(=O)NCCN)CCC(=O)NCCN)nn2)c1. The lowest BCUT2D eigenvalue weighted by Crippen LogP contribution is -2.52. The Balaban J connectivity index is 0.948. The fraction of sp³-hybridized carbons (Fsp3) is 0.613. The van der Waals surface area contributed by atoms with Gasteiger partial charge in [-0.2, -0.15) is 0 Å². The number of benzene rings is 3. The first-order valence-corrected chi connectivity index (χ1v) is 29.4. The number of carboxylic acids is 1. The molecule has 79 heavy (non-hydrogen) atoms. The molecule has 0 unspecified atom stereocenters. The summed E-state index contributed by atoms with van der Waals surface area (Å²) in [6.07, 6.45) is 22.0. The Kier molecular flexibility index (Phi) is 27.7. The van der Waals surface area contributed by atoms with Crippen LogP contribution >= 0.6 is 0 Å². The summed E-state index contributed by atoms with van der Waals surface area (Å²) in [6, 6.07) is 18.7. The highest BCUT2D eigenvalue weighted by molar-refractivity contribution is 5.77. The smallest absolute Gasteiger partial charge is 0.303 e. The summed E-state index contributed by atoms with van der Waals surface area (Å²) >= 11 is 0. The number of carbonyl (C=O) groups is 4. The fourth-order valence-electron chi connectivity index (χ4n) is 10.6. The Morgan fingerprint density at radius 1 is 0.734 bits per heavy atom. The van der Waals surface area contributed by atoms with Crippen LogP contribution in [0.3, 0.4) is 0 Å². The molecule has 1 fully saturated rings. The van der Waals surface area contributed by atoms with Gasteiger partial charge in [-0.1, -0.05) is 120 Å². The number of hydrogen-bond acceptors (Lipinski definition) is 10. The molecule has 1 aliphatic carbocycles. The molecule has 3 aromatic carbocycles. The van der Waals surface area contributed by atoms with Crippen LogP contribution in [0.2, 0.25) is 0 Å². The number of aliphatic carboxylic acids is 1. The third kappa shape index (κ3) is 24.6. The van der Waals surface area contributed by atoms with E-state index in [1.165, 1.54) is 57.4 Å². The largest absolute Gasteiger partial charge is 0.497 e. The lowest BCUT2D eigenvalue weighted by molar-refractivity contribution is -0.907. The zero-order valence-corrected chi connectivity index (χ0v) is 48.1. The van der Waals surface area contributed by atoms with Crippen molar-refractivity contribution in [3.8, 4) is 22.6 Å². The Morgan fingerprint density at radius 2 is 1.34 bits per heavy atom. The second-order valence-corrected chi connectivity index (χ2v) is 23.0. The number of amides is 3. The summed E-state index contributed by atoms with van der Waals surface area (Å²) in [4.78, 5) is 48.8. The topological polar surface area (TPSA) is 226 Å². The first-order chi connectivity index (χ1) is 38.1. The van der Waals surface area contributed by atoms with E-state index in [1.807, 2.05) is 48.1 Å². The summed E-state index contributed by atoms with van der Waals surface area (Å²) in [6.45, 7) is 9.45. The Morgan fingerprint density at radius 3 is 1.95 bits per heavy atom. The number of unbranched alkanes of at least 4 members (excludes halogenated alkanes) is 12. The summed E-state index contributed by atoms with van der Waals surface area (Å²) in [5.41, 5.74) is 15.9. The number of aryl methyl sites for hydroxylation is 1. The van der Waals surface area contributed by atoms with E-state index < -0.39 is 5.97 Å². The summed E-state index contributed by atoms with van der Waals surface area (Å²) < 4.78 is 29.8. The summed E-state index contributed by atoms with van der Waals surface area (Å²) in [5.74, 6) is 0.483. The summed E-state index contributed by atoms with van der Waals surface area (Å²) in [5, 5.41) is 27.3. The number of nitrogens with zero attached hydrogens (tertiary/aromatic N) is 4. The first-order valence-electron chi connectivity index (χ1n) is 29.4. The maximum Gasteiger partial charge on any atom is 0.303 e. The van der Waals surface area contributed by atoms with E-state index in [-0.39, 0.29) is 41.3 Å². The standard InChI is InChI=1S/C62H94FN9O7/c1-62(2,43-50-39-47(22-26-54(50)56-41-52(78-4)25-27-57(56)63)46-79-53-20-18-19-49(40-53)55(42-61(76)77)48-23-24-48)44-51-45-71(70-69-51)35-17-15-13-11-9-7-5-6-8-10-12-14-16-21-58(73)68-34-38-72(3,36-28-59(74)66-32-30-64)37-29-60(75)67-33-31-65/h18-20,22,25-27,39-41,45,48,55H,5-17,21,23-24,28-38,42-44,46,64-65H2,1-4H3,(H3-,66,67,68,73,74,75,76,77)/p+1/t55-/m0/s1. The van der Waals surface area contributed by atoms with Gasteiger partial charge in [0.2, 0.25) is 17.7 Å². The minimum atomic E-state index is -0.786. The van der Waals surface area contributed by atoms with Crippen LogP contribution in [0.4, 0.5) is 4.39 Å². The highest BCUT2D eigenvalue weighted by Crippen LogP contribution is 2.45. The molecule has 0 spiro atoms. The van der Waals surface area contributed by atoms with Gasteiger partial charge in [0.1, 0.15) is 23.9 Å². The number of quaternary nitrogens is 1. The van der Waals surface area contributed by atoms with Crippen LogP contribution in [-0.2, 0) is 45.2 Å². The van der Waals surface area contributed by atoms with Crippen molar-refractivity contribution in [3.63, 3.8) is 0 Å². The van der Waals surface area contributed by atoms with Crippen LogP contribution < -0.4 is 36.9 Å². The molecule has 1 heterocycles. The van der Waals surface area contributed by atoms with Crippen molar-refractivity contribution < 1.29 is 42.6 Å². The van der Waals surface area contributed by atoms with Crippen LogP contribution in [-0.4, -0.2) is 115 Å². The van der Waals surface area contributed by atoms with E-state index in [2.05, 4.69) is 52.4 Å². The van der Waals surface area contributed by atoms with Crippen LogP contribution in [0, 0.1) is 17.2 Å². The molecule has 16 nitrogen and oxygen atoms in total. The quantitative estimate of drug-likeness (QED) is 0.0181. The van der Waals surface area contributed by atoms with E-state index >= 15 is 4.39 Å². The van der Waals surface area contributed by atoms with Crippen LogP contribution in [0.5, 0.6) is 11.5 Å². The molecule has 4 aromatic rings. The maximum atomic E-state index is 15.5. The van der Waals surface area contributed by atoms with Gasteiger partial charge in [-0.3, -0.25) is 23.9 Å². The number of nitrogens with one attached hydrogen (secondary N) is 3. The molecule has 0 aliphatic heterocycles. The van der Waals surface area contributed by atoms with Gasteiger partial charge < -0.3 is 46.5 Å². The van der Waals surface area contributed by atoms with Crippen LogP contribution in [0.25, 0.3) is 11.1 Å². The van der Waals surface area contributed by atoms with E-state index in [1.54, 1.807) is 19.2 Å². The number of likely N-dealkylation sites (N-methyl/N-ethyl adjacent to an activating group) is 1. The van der Waals surface area contributed by atoms with Gasteiger partial charge in [0.25, 0.3) is 0 Å². The Hall–Kier alpha value is -5.91. The minimum Gasteiger partial charge on any atom is -0.497 e. The number of rotatable bonds is 42. The molecule has 3 amide bonds. The predicted octanol–water partition coefficient (Wildman–Crippen LogP) is 9.41. The molecule has 1 atom stereocenters. The number of nitrogens with two attached hydrogens (primary N) is 2. The zero-order valence-electron chi connectivity index (χ0n) is 48.1. The van der Waals surface area contributed by atoms with Gasteiger partial charge in [-0.15, -0.1) is 5.10 Å². The molecule has 0 saturated heterocycles. The minimum absolute atomic E-state index is 0.0183. The lowest BCUT2D eigenvalue weighted by Gasteiger charge is -2.34. The average molecular weight is 1100 g/mol. The Labute approximate surface area is 470 Å². The van der Waals surface area contributed by atoms with E-state index in [0.29, 0.717) is 119 Å². The highest BCUT2D eigenvalue weighted by atomic mass is 19.1. The predicted molar refractivity (Wildman–Crippen MR) is 310 cm³/mol. The zero-order chi connectivity index (χ0) is 56.9. The molecular formula is C62H95FN9O7+. The fourth-order valence-corrected chi connectivity index (χ4v) is 10.6. The summed E-state index contributed by atoms with van der Waals surface area (Å²) in [7, 11) is 3.61. The first kappa shape index (κ1) is 63.9. The van der Waals surface area contributed by atoms with Crippen LogP contribution in [0.1, 0.15) is 164 Å². The third-order valence-corrected chi connectivity index (χ3v) is 15.3. The number of aromatic nitrogens is 3. The normalized spacial score (nSPS) is 13.0. The van der Waals surface area contributed by atoms with E-state index in [4.69, 9.17) is 20.9 Å². The molecule has 1 aliphatic rings. The second kappa shape index (κ2) is 34.3. The highest BCUT2D eigenvalue weighted by Gasteiger charge is 2.34. The third-order valence-electron chi connectivity index (χ3n) is 15.3. The average Bonchev–Trinajstić information content (AvgIpc) is 4.21. The van der Waals surface area contributed by atoms with E-state index in [9.17, 15) is 24.3 Å². The molecule has 17 heteroatoms. The van der Waals surface area contributed by atoms with Crippen molar-refractivity contribution in [2.45, 2.75) is 168 Å². The Bertz CT molecular complexity index is 2460. The van der Waals surface area contributed by atoms with Gasteiger partial charge >= 0.3 is 5.97 Å². The van der Waals surface area contributed by atoms with Gasteiger partial charge in [0, 0.05) is 50.9 Å². The van der Waals surface area contributed by atoms with Crippen molar-refractivity contribution in [1.82, 2.24) is 30.9 Å². The van der Waals surface area contributed by atoms with Gasteiger partial charge in [-0.05, 0) is 108 Å². The molecular weight excluding hydrogens is 1000 g/mol. The molecule has 1 aromatic heterocycles. The molecule has 0 radical (unpaired) electrons. The molecule has 1 saturated carbocycles. The molecule has 436 valence electrons. The molecule has 8 N–H and O–H groups in total. The van der Waals surface area contributed by atoms with Crippen molar-refractivity contribution in [2.24, 2.45) is 22.8 Å². The number of ether oxygens (including phenoxy) is 2. The number of hydrogen-bond donors (Lipinski definition) is 6. The second-order valence-electron chi connectivity index (χ2n) is 23.0. The van der Waals surface area contributed by atoms with Crippen molar-refractivity contribution in [1.29, 1.82) is 0 Å². The van der Waals surface area contributed by atoms with E-state index in [0.717, 1.165) is 79.4 Å². The van der Waals surface area contributed by atoms with Crippen molar-refractivity contribution >= 4 is 23.7 Å².